The third-order valence-corrected chi connectivity index (χ3v) is 4.11. The number of anilines is 1. The van der Waals surface area contributed by atoms with Gasteiger partial charge in [-0.3, -0.25) is 14.9 Å². The van der Waals surface area contributed by atoms with Crippen LogP contribution in [0.4, 0.5) is 5.13 Å². The van der Waals surface area contributed by atoms with E-state index in [1.807, 2.05) is 0 Å². The summed E-state index contributed by atoms with van der Waals surface area (Å²) in [5.74, 6) is 0.106. The second-order valence-corrected chi connectivity index (χ2v) is 6.56. The van der Waals surface area contributed by atoms with Crippen LogP contribution in [0.5, 0.6) is 5.75 Å². The highest BCUT2D eigenvalue weighted by Crippen LogP contribution is 2.16. The van der Waals surface area contributed by atoms with Gasteiger partial charge in [-0.2, -0.15) is 0 Å². The number of carbonyl (C=O) groups is 2. The summed E-state index contributed by atoms with van der Waals surface area (Å²) in [6, 6.07) is 6.91. The summed E-state index contributed by atoms with van der Waals surface area (Å²) in [4.78, 5) is 23.5. The van der Waals surface area contributed by atoms with Gasteiger partial charge in [-0.15, -0.1) is 21.8 Å². The number of nitrogens with one attached hydrogen (secondary N) is 2. The van der Waals surface area contributed by atoms with Crippen LogP contribution in [0.2, 0.25) is 0 Å². The van der Waals surface area contributed by atoms with Gasteiger partial charge in [0.25, 0.3) is 5.91 Å². The van der Waals surface area contributed by atoms with E-state index in [2.05, 4.69) is 20.8 Å². The number of hydrogen-bond donors (Lipinski definition) is 2. The molecule has 1 unspecified atom stereocenters. The number of methoxy groups -OCH3 is 1. The molecule has 0 radical (unpaired) electrons. The predicted molar refractivity (Wildman–Crippen MR) is 92.9 cm³/mol. The molecule has 24 heavy (non-hydrogen) atoms. The molecule has 1 aromatic carbocycles. The highest BCUT2D eigenvalue weighted by Gasteiger charge is 2.13. The molecule has 0 saturated heterocycles. The zero-order valence-electron chi connectivity index (χ0n) is 13.2. The number of nitrogens with zero attached hydrogens (tertiary/aromatic N) is 2. The Morgan fingerprint density at radius 2 is 2.17 bits per heavy atom. The van der Waals surface area contributed by atoms with Gasteiger partial charge >= 0.3 is 0 Å². The summed E-state index contributed by atoms with van der Waals surface area (Å²) < 4.78 is 5.09. The molecule has 128 valence electrons. The number of rotatable bonds is 7. The zero-order valence-corrected chi connectivity index (χ0v) is 14.8. The van der Waals surface area contributed by atoms with Crippen molar-refractivity contribution in [3.05, 3.63) is 34.8 Å². The lowest BCUT2D eigenvalue weighted by molar-refractivity contribution is -0.115. The molecule has 2 rings (SSSR count). The van der Waals surface area contributed by atoms with E-state index >= 15 is 0 Å². The van der Waals surface area contributed by atoms with E-state index in [9.17, 15) is 9.59 Å². The van der Waals surface area contributed by atoms with E-state index in [-0.39, 0.29) is 11.8 Å². The monoisotopic (exact) mass is 368 g/mol. The number of carbonyl (C=O) groups excluding carboxylic acids is 2. The summed E-state index contributed by atoms with van der Waals surface area (Å²) in [6.45, 7) is 1.98. The Balaban J connectivity index is 1.82. The van der Waals surface area contributed by atoms with Crippen LogP contribution in [0.25, 0.3) is 0 Å². The maximum Gasteiger partial charge on any atom is 0.251 e. The average molecular weight is 369 g/mol. The van der Waals surface area contributed by atoms with Crippen LogP contribution in [-0.2, 0) is 11.2 Å². The van der Waals surface area contributed by atoms with Crippen LogP contribution < -0.4 is 15.4 Å². The number of aromatic nitrogens is 2. The Bertz CT molecular complexity index is 720. The second-order valence-electron chi connectivity index (χ2n) is 4.84. The first-order valence-electron chi connectivity index (χ1n) is 7.19. The summed E-state index contributed by atoms with van der Waals surface area (Å²) >= 11 is 6.92. The molecule has 0 spiro atoms. The molecule has 0 aliphatic heterocycles. The Morgan fingerprint density at radius 1 is 1.38 bits per heavy atom. The van der Waals surface area contributed by atoms with Gasteiger partial charge < -0.3 is 10.1 Å². The van der Waals surface area contributed by atoms with E-state index in [4.69, 9.17) is 16.3 Å². The first kappa shape index (κ1) is 18.2. The van der Waals surface area contributed by atoms with Crippen LogP contribution in [0.15, 0.2) is 24.3 Å². The molecule has 1 aromatic heterocycles. The fraction of sp³-hybridized carbons (Fsp3) is 0.333. The maximum atomic E-state index is 12.1. The minimum absolute atomic E-state index is 0.192. The molecule has 2 N–H and O–H groups in total. The molecule has 0 saturated carbocycles. The lowest BCUT2D eigenvalue weighted by atomic mass is 10.2. The number of alkyl halides is 1. The zero-order chi connectivity index (χ0) is 17.5. The molecule has 7 nitrogen and oxygen atoms in total. The third kappa shape index (κ3) is 5.17. The second kappa shape index (κ2) is 8.60. The summed E-state index contributed by atoms with van der Waals surface area (Å²) in [6.07, 6.45) is 0.514. The van der Waals surface area contributed by atoms with Crippen molar-refractivity contribution in [1.29, 1.82) is 0 Å². The van der Waals surface area contributed by atoms with Gasteiger partial charge in [0, 0.05) is 18.5 Å². The van der Waals surface area contributed by atoms with Crippen LogP contribution in [-0.4, -0.2) is 41.0 Å². The quantitative estimate of drug-likeness (QED) is 0.730. The van der Waals surface area contributed by atoms with Crippen molar-refractivity contribution < 1.29 is 14.3 Å². The summed E-state index contributed by atoms with van der Waals surface area (Å²) in [5, 5.41) is 13.7. The smallest absolute Gasteiger partial charge is 0.251 e. The Kier molecular flexibility index (Phi) is 6.51. The van der Waals surface area contributed by atoms with Gasteiger partial charge in [0.05, 0.1) is 7.11 Å². The van der Waals surface area contributed by atoms with Gasteiger partial charge in [-0.05, 0) is 25.1 Å². The fourth-order valence-electron chi connectivity index (χ4n) is 1.76. The topological polar surface area (TPSA) is 93.2 Å². The SMILES string of the molecule is COc1cccc(C(=O)NCCc2nnc(NC(=O)C(C)Cl)s2)c1. The van der Waals surface area contributed by atoms with Crippen LogP contribution >= 0.6 is 22.9 Å². The summed E-state index contributed by atoms with van der Waals surface area (Å²) in [5.41, 5.74) is 0.524. The lowest BCUT2D eigenvalue weighted by Crippen LogP contribution is -2.25. The van der Waals surface area contributed by atoms with E-state index in [0.29, 0.717) is 34.4 Å². The van der Waals surface area contributed by atoms with Crippen LogP contribution in [0.1, 0.15) is 22.3 Å². The molecule has 0 fully saturated rings. The van der Waals surface area contributed by atoms with E-state index in [1.54, 1.807) is 38.3 Å². The molecular weight excluding hydrogens is 352 g/mol. The average Bonchev–Trinajstić information content (AvgIpc) is 3.02. The van der Waals surface area contributed by atoms with Crippen molar-refractivity contribution in [2.75, 3.05) is 19.0 Å². The fourth-order valence-corrected chi connectivity index (χ4v) is 2.56. The Labute approximate surface area is 148 Å². The molecule has 0 aliphatic carbocycles. The largest absolute Gasteiger partial charge is 0.497 e. The molecule has 2 aromatic rings. The van der Waals surface area contributed by atoms with Gasteiger partial charge in [0.15, 0.2) is 0 Å². The van der Waals surface area contributed by atoms with Crippen molar-refractivity contribution in [3.63, 3.8) is 0 Å². The lowest BCUT2D eigenvalue weighted by Gasteiger charge is -2.05. The van der Waals surface area contributed by atoms with Crippen LogP contribution in [0.3, 0.4) is 0 Å². The van der Waals surface area contributed by atoms with E-state index < -0.39 is 5.38 Å². The normalized spacial score (nSPS) is 11.6. The molecule has 0 bridgehead atoms. The summed E-state index contributed by atoms with van der Waals surface area (Å²) in [7, 11) is 1.55. The number of halogens is 1. The first-order chi connectivity index (χ1) is 11.5. The van der Waals surface area contributed by atoms with Crippen molar-refractivity contribution in [2.24, 2.45) is 0 Å². The molecule has 0 aliphatic rings. The maximum absolute atomic E-state index is 12.1. The predicted octanol–water partition coefficient (Wildman–Crippen LogP) is 2.08. The standard InChI is InChI=1S/C15H17ClN4O3S/c1-9(16)13(21)18-15-20-19-12(24-15)6-7-17-14(22)10-4-3-5-11(8-10)23-2/h3-5,8-9H,6-7H2,1-2H3,(H,17,22)(H,18,20,21). The molecule has 1 atom stereocenters. The van der Waals surface area contributed by atoms with E-state index in [0.717, 1.165) is 0 Å². The highest BCUT2D eigenvalue weighted by atomic mass is 35.5. The number of benzene rings is 1. The minimum atomic E-state index is -0.639. The van der Waals surface area contributed by atoms with Crippen molar-refractivity contribution >= 4 is 39.9 Å². The van der Waals surface area contributed by atoms with Crippen LogP contribution in [0, 0.1) is 0 Å². The minimum Gasteiger partial charge on any atom is -0.497 e. The molecular formula is C15H17ClN4O3S. The number of ether oxygens (including phenoxy) is 1. The number of hydrogen-bond acceptors (Lipinski definition) is 6. The van der Waals surface area contributed by atoms with Gasteiger partial charge in [0.2, 0.25) is 11.0 Å². The van der Waals surface area contributed by atoms with Gasteiger partial charge in [-0.1, -0.05) is 17.4 Å². The van der Waals surface area contributed by atoms with Gasteiger partial charge in [-0.25, -0.2) is 0 Å². The van der Waals surface area contributed by atoms with E-state index in [1.165, 1.54) is 11.3 Å². The van der Waals surface area contributed by atoms with Crippen molar-refractivity contribution in [1.82, 2.24) is 15.5 Å². The van der Waals surface area contributed by atoms with Crippen molar-refractivity contribution in [2.45, 2.75) is 18.7 Å². The third-order valence-electron chi connectivity index (χ3n) is 3.01. The number of amides is 2. The van der Waals surface area contributed by atoms with Crippen molar-refractivity contribution in [3.8, 4) is 5.75 Å². The highest BCUT2D eigenvalue weighted by molar-refractivity contribution is 7.15. The molecule has 9 heteroatoms. The Morgan fingerprint density at radius 3 is 2.88 bits per heavy atom. The van der Waals surface area contributed by atoms with Gasteiger partial charge in [0.1, 0.15) is 16.1 Å². The molecule has 2 amide bonds. The Hall–Kier alpha value is -2.19. The molecule has 1 heterocycles. The first-order valence-corrected chi connectivity index (χ1v) is 8.44.